The topological polar surface area (TPSA) is 85.5 Å². The van der Waals surface area contributed by atoms with Gasteiger partial charge in [-0.1, -0.05) is 54.6 Å². The first-order valence-electron chi connectivity index (χ1n) is 10.5. The Hall–Kier alpha value is -4.07. The quantitative estimate of drug-likeness (QED) is 0.757. The standard InChI is InChI=1S/C24H24N6O2/c1-16-15-29-20-21(26-23(29)30(16)19-13-7-6-12-18(19)25)27(2)24(32)28(22(20)31)14-8-11-17-9-4-3-5-10-17/h3-13,15,20-21H,14,25H2,1-2H3/b11-8+. The lowest BCUT2D eigenvalue weighted by atomic mass is 10.1. The van der Waals surface area contributed by atoms with Gasteiger partial charge in [0.25, 0.3) is 5.91 Å². The molecule has 2 aromatic carbocycles. The highest BCUT2D eigenvalue weighted by Gasteiger charge is 2.54. The second-order valence-corrected chi connectivity index (χ2v) is 8.01. The van der Waals surface area contributed by atoms with Gasteiger partial charge in [-0.25, -0.2) is 9.79 Å². The number of guanidine groups is 1. The first-order valence-corrected chi connectivity index (χ1v) is 10.5. The number of nitrogens with two attached hydrogens (primary N) is 1. The molecule has 3 aliphatic heterocycles. The van der Waals surface area contributed by atoms with E-state index < -0.39 is 12.2 Å². The van der Waals surface area contributed by atoms with E-state index in [9.17, 15) is 9.59 Å². The number of anilines is 2. The van der Waals surface area contributed by atoms with Crippen molar-refractivity contribution in [3.05, 3.63) is 78.1 Å². The molecule has 3 amide bonds. The molecule has 3 heterocycles. The van der Waals surface area contributed by atoms with Gasteiger partial charge < -0.3 is 15.5 Å². The largest absolute Gasteiger partial charge is 0.397 e. The molecule has 2 atom stereocenters. The Balaban J connectivity index is 1.42. The summed E-state index contributed by atoms with van der Waals surface area (Å²) in [6.07, 6.45) is 5.05. The van der Waals surface area contributed by atoms with Gasteiger partial charge in [0.05, 0.1) is 11.4 Å². The molecule has 2 aromatic rings. The van der Waals surface area contributed by atoms with E-state index in [2.05, 4.69) is 0 Å². The van der Waals surface area contributed by atoms with Crippen LogP contribution in [0.15, 0.2) is 77.6 Å². The van der Waals surface area contributed by atoms with Gasteiger partial charge >= 0.3 is 6.03 Å². The number of urea groups is 1. The van der Waals surface area contributed by atoms with Gasteiger partial charge in [0.2, 0.25) is 5.96 Å². The Morgan fingerprint density at radius 3 is 2.53 bits per heavy atom. The zero-order valence-electron chi connectivity index (χ0n) is 17.9. The fourth-order valence-electron chi connectivity index (χ4n) is 4.37. The molecule has 0 radical (unpaired) electrons. The highest BCUT2D eigenvalue weighted by Crippen LogP contribution is 2.38. The normalized spacial score (nSPS) is 22.4. The predicted octanol–water partition coefficient (Wildman–Crippen LogP) is 2.92. The van der Waals surface area contributed by atoms with Crippen LogP contribution in [0, 0.1) is 0 Å². The number of para-hydroxylation sites is 2. The average molecular weight is 428 g/mol. The van der Waals surface area contributed by atoms with Gasteiger partial charge in [0.1, 0.15) is 0 Å². The number of carbonyl (C=O) groups excluding carboxylic acids is 2. The molecular weight excluding hydrogens is 404 g/mol. The van der Waals surface area contributed by atoms with E-state index in [0.29, 0.717) is 11.6 Å². The Bertz CT molecular complexity index is 1170. The summed E-state index contributed by atoms with van der Waals surface area (Å²) in [6, 6.07) is 16.3. The number of hydrogen-bond donors (Lipinski definition) is 1. The van der Waals surface area contributed by atoms with Gasteiger partial charge in [-0.05, 0) is 24.6 Å². The lowest BCUT2D eigenvalue weighted by molar-refractivity contribution is -0.136. The molecule has 2 unspecified atom stereocenters. The molecule has 0 saturated carbocycles. The van der Waals surface area contributed by atoms with Gasteiger partial charge in [-0.2, -0.15) is 0 Å². The molecule has 0 spiro atoms. The number of rotatable bonds is 4. The number of imide groups is 1. The summed E-state index contributed by atoms with van der Waals surface area (Å²) >= 11 is 0. The first kappa shape index (κ1) is 19.9. The number of allylic oxidation sites excluding steroid dienone is 1. The summed E-state index contributed by atoms with van der Waals surface area (Å²) in [5.41, 5.74) is 9.53. The van der Waals surface area contributed by atoms with Crippen LogP contribution in [0.5, 0.6) is 0 Å². The van der Waals surface area contributed by atoms with Crippen molar-refractivity contribution in [2.45, 2.75) is 19.1 Å². The van der Waals surface area contributed by atoms with Crippen LogP contribution in [0.2, 0.25) is 0 Å². The monoisotopic (exact) mass is 428 g/mol. The van der Waals surface area contributed by atoms with Crippen LogP contribution in [0.4, 0.5) is 16.2 Å². The second kappa shape index (κ2) is 7.56. The number of fused-ring (bicyclic) bond motifs is 3. The van der Waals surface area contributed by atoms with Gasteiger partial charge in [0.15, 0.2) is 12.2 Å². The Kier molecular flexibility index (Phi) is 4.70. The third-order valence-electron chi connectivity index (χ3n) is 5.96. The van der Waals surface area contributed by atoms with Gasteiger partial charge in [0, 0.05) is 25.5 Å². The molecule has 1 fully saturated rings. The van der Waals surface area contributed by atoms with E-state index in [1.54, 1.807) is 7.05 Å². The smallest absolute Gasteiger partial charge is 0.328 e. The maximum atomic E-state index is 13.4. The molecule has 0 aliphatic carbocycles. The van der Waals surface area contributed by atoms with Crippen LogP contribution >= 0.6 is 0 Å². The Labute approximate surface area is 186 Å². The minimum Gasteiger partial charge on any atom is -0.397 e. The van der Waals surface area contributed by atoms with E-state index >= 15 is 0 Å². The third kappa shape index (κ3) is 3.03. The second-order valence-electron chi connectivity index (χ2n) is 8.01. The zero-order valence-corrected chi connectivity index (χ0v) is 17.9. The van der Waals surface area contributed by atoms with E-state index in [0.717, 1.165) is 16.9 Å². The Morgan fingerprint density at radius 1 is 1.06 bits per heavy atom. The number of aliphatic imine (C=N–C) groups is 1. The van der Waals surface area contributed by atoms with Crippen molar-refractivity contribution < 1.29 is 9.59 Å². The number of benzene rings is 2. The number of hydrogen-bond acceptors (Lipinski definition) is 6. The van der Waals surface area contributed by atoms with Crippen molar-refractivity contribution in [2.24, 2.45) is 4.99 Å². The summed E-state index contributed by atoms with van der Waals surface area (Å²) < 4.78 is 0. The van der Waals surface area contributed by atoms with Crippen molar-refractivity contribution in [3.63, 3.8) is 0 Å². The van der Waals surface area contributed by atoms with Crippen LogP contribution in [0.25, 0.3) is 6.08 Å². The van der Waals surface area contributed by atoms with Crippen molar-refractivity contribution in [1.29, 1.82) is 0 Å². The molecule has 32 heavy (non-hydrogen) atoms. The molecule has 2 N–H and O–H groups in total. The lowest BCUT2D eigenvalue weighted by Crippen LogP contribution is -2.64. The van der Waals surface area contributed by atoms with E-state index in [1.807, 2.05) is 89.7 Å². The van der Waals surface area contributed by atoms with Crippen LogP contribution in [-0.4, -0.2) is 58.4 Å². The van der Waals surface area contributed by atoms with Crippen molar-refractivity contribution in [2.75, 3.05) is 24.2 Å². The fraction of sp³-hybridized carbons (Fsp3) is 0.208. The van der Waals surface area contributed by atoms with E-state index in [1.165, 1.54) is 9.80 Å². The van der Waals surface area contributed by atoms with Crippen molar-refractivity contribution >= 4 is 35.3 Å². The molecule has 3 aliphatic rings. The van der Waals surface area contributed by atoms with Crippen LogP contribution < -0.4 is 10.6 Å². The molecular formula is C24H24N6O2. The lowest BCUT2D eigenvalue weighted by Gasteiger charge is -2.39. The van der Waals surface area contributed by atoms with Crippen LogP contribution in [0.3, 0.4) is 0 Å². The fourth-order valence-corrected chi connectivity index (χ4v) is 4.37. The molecule has 8 heteroatoms. The molecule has 5 rings (SSSR count). The Morgan fingerprint density at radius 2 is 1.78 bits per heavy atom. The van der Waals surface area contributed by atoms with Crippen LogP contribution in [-0.2, 0) is 4.79 Å². The summed E-state index contributed by atoms with van der Waals surface area (Å²) in [5.74, 6) is 0.339. The molecule has 0 bridgehead atoms. The predicted molar refractivity (Wildman–Crippen MR) is 124 cm³/mol. The average Bonchev–Trinajstić information content (AvgIpc) is 3.30. The highest BCUT2D eigenvalue weighted by molar-refractivity contribution is 6.10. The minimum atomic E-state index is -0.609. The zero-order chi connectivity index (χ0) is 22.4. The van der Waals surface area contributed by atoms with Crippen molar-refractivity contribution in [1.82, 2.24) is 14.7 Å². The minimum absolute atomic E-state index is 0.196. The summed E-state index contributed by atoms with van der Waals surface area (Å²) in [5, 5.41) is 0. The first-order chi connectivity index (χ1) is 15.5. The number of likely N-dealkylation sites (N-methyl/N-ethyl adjacent to an activating group) is 1. The molecule has 1 saturated heterocycles. The van der Waals surface area contributed by atoms with Gasteiger partial charge in [-0.15, -0.1) is 0 Å². The van der Waals surface area contributed by atoms with Crippen LogP contribution in [0.1, 0.15) is 12.5 Å². The molecule has 8 nitrogen and oxygen atoms in total. The van der Waals surface area contributed by atoms with E-state index in [4.69, 9.17) is 10.7 Å². The molecule has 162 valence electrons. The summed E-state index contributed by atoms with van der Waals surface area (Å²) in [6.45, 7) is 2.15. The van der Waals surface area contributed by atoms with Crippen molar-refractivity contribution in [3.8, 4) is 0 Å². The number of nitrogens with zero attached hydrogens (tertiary/aromatic N) is 5. The maximum absolute atomic E-state index is 13.4. The van der Waals surface area contributed by atoms with Gasteiger partial charge in [-0.3, -0.25) is 14.6 Å². The number of amides is 3. The summed E-state index contributed by atoms with van der Waals surface area (Å²) in [7, 11) is 1.68. The molecule has 0 aromatic heterocycles. The maximum Gasteiger partial charge on any atom is 0.328 e. The number of nitrogen functional groups attached to an aromatic ring is 1. The third-order valence-corrected chi connectivity index (χ3v) is 5.96. The summed E-state index contributed by atoms with van der Waals surface area (Å²) in [4.78, 5) is 37.8. The number of carbonyl (C=O) groups is 2. The van der Waals surface area contributed by atoms with E-state index in [-0.39, 0.29) is 18.5 Å². The highest BCUT2D eigenvalue weighted by atomic mass is 16.2. The SMILES string of the molecule is CC1=CN2C(=NC3C2C(=O)N(C/C=C/c2ccccc2)C(=O)N3C)N1c1ccccc1N.